The first-order valence-electron chi connectivity index (χ1n) is 6.63. The number of methoxy groups -OCH3 is 1. The molecule has 0 aromatic rings. The van der Waals surface area contributed by atoms with Gasteiger partial charge in [0, 0.05) is 19.4 Å². The number of hydrogen-bond acceptors (Lipinski definition) is 2. The van der Waals surface area contributed by atoms with Gasteiger partial charge < -0.3 is 4.74 Å². The van der Waals surface area contributed by atoms with E-state index >= 15 is 0 Å². The lowest BCUT2D eigenvalue weighted by Gasteiger charge is -2.23. The summed E-state index contributed by atoms with van der Waals surface area (Å²) in [5.74, 6) is 0.808. The first kappa shape index (κ1) is 13.7. The molecule has 0 atom stereocenters. The molecule has 1 aliphatic rings. The van der Waals surface area contributed by atoms with Crippen LogP contribution in [0.5, 0.6) is 0 Å². The minimum atomic E-state index is -0.152. The lowest BCUT2D eigenvalue weighted by atomic mass is 9.90. The number of ether oxygens (including phenoxy) is 1. The van der Waals surface area contributed by atoms with Crippen LogP contribution in [0.25, 0.3) is 0 Å². The summed E-state index contributed by atoms with van der Waals surface area (Å²) in [5, 5.41) is 0. The Hall–Kier alpha value is -0.370. The SMILES string of the molecule is COC(C)(C)CCC(=O)C1CCCCCC1. The molecule has 0 aliphatic heterocycles. The Morgan fingerprint density at radius 2 is 1.75 bits per heavy atom. The average molecular weight is 226 g/mol. The van der Waals surface area contributed by atoms with Gasteiger partial charge in [-0.2, -0.15) is 0 Å². The van der Waals surface area contributed by atoms with E-state index in [1.165, 1.54) is 25.7 Å². The van der Waals surface area contributed by atoms with Crippen LogP contribution in [-0.2, 0) is 9.53 Å². The van der Waals surface area contributed by atoms with Gasteiger partial charge in [-0.1, -0.05) is 25.7 Å². The smallest absolute Gasteiger partial charge is 0.136 e. The molecule has 0 heterocycles. The van der Waals surface area contributed by atoms with E-state index in [-0.39, 0.29) is 5.60 Å². The first-order valence-corrected chi connectivity index (χ1v) is 6.63. The van der Waals surface area contributed by atoms with Gasteiger partial charge in [-0.25, -0.2) is 0 Å². The molecule has 1 aliphatic carbocycles. The van der Waals surface area contributed by atoms with Gasteiger partial charge in [0.15, 0.2) is 0 Å². The molecule has 0 spiro atoms. The molecule has 0 bridgehead atoms. The van der Waals surface area contributed by atoms with E-state index in [9.17, 15) is 4.79 Å². The third-order valence-electron chi connectivity index (χ3n) is 3.84. The highest BCUT2D eigenvalue weighted by atomic mass is 16.5. The Morgan fingerprint density at radius 3 is 2.25 bits per heavy atom. The van der Waals surface area contributed by atoms with Crippen molar-refractivity contribution in [1.29, 1.82) is 0 Å². The van der Waals surface area contributed by atoms with Crippen molar-refractivity contribution in [2.24, 2.45) is 5.92 Å². The van der Waals surface area contributed by atoms with Crippen LogP contribution in [0, 0.1) is 5.92 Å². The number of rotatable bonds is 5. The van der Waals surface area contributed by atoms with Crippen molar-refractivity contribution >= 4 is 5.78 Å². The van der Waals surface area contributed by atoms with Gasteiger partial charge in [-0.05, 0) is 33.1 Å². The maximum Gasteiger partial charge on any atom is 0.136 e. The molecule has 2 heteroatoms. The molecule has 0 saturated heterocycles. The molecule has 0 aromatic carbocycles. The maximum atomic E-state index is 12.1. The molecule has 0 unspecified atom stereocenters. The van der Waals surface area contributed by atoms with Crippen LogP contribution < -0.4 is 0 Å². The van der Waals surface area contributed by atoms with Crippen LogP contribution in [0.1, 0.15) is 65.2 Å². The van der Waals surface area contributed by atoms with Crippen molar-refractivity contribution in [1.82, 2.24) is 0 Å². The summed E-state index contributed by atoms with van der Waals surface area (Å²) in [6.07, 6.45) is 8.87. The largest absolute Gasteiger partial charge is 0.379 e. The molecule has 0 N–H and O–H groups in total. The third kappa shape index (κ3) is 4.65. The first-order chi connectivity index (χ1) is 7.55. The zero-order chi connectivity index (χ0) is 12.0. The van der Waals surface area contributed by atoms with Crippen molar-refractivity contribution < 1.29 is 9.53 Å². The standard InChI is InChI=1S/C14H26O2/c1-14(2,16-3)11-10-13(15)12-8-6-4-5-7-9-12/h12H,4-11H2,1-3H3. The minimum Gasteiger partial charge on any atom is -0.379 e. The van der Waals surface area contributed by atoms with Crippen LogP contribution in [0.3, 0.4) is 0 Å². The predicted octanol–water partition coefficient (Wildman–Crippen LogP) is 3.73. The van der Waals surface area contributed by atoms with Gasteiger partial charge in [-0.3, -0.25) is 4.79 Å². The van der Waals surface area contributed by atoms with Crippen molar-refractivity contribution in [3.05, 3.63) is 0 Å². The molecule has 16 heavy (non-hydrogen) atoms. The van der Waals surface area contributed by atoms with Gasteiger partial charge >= 0.3 is 0 Å². The lowest BCUT2D eigenvalue weighted by molar-refractivity contribution is -0.124. The Morgan fingerprint density at radius 1 is 1.19 bits per heavy atom. The summed E-state index contributed by atoms with van der Waals surface area (Å²) < 4.78 is 5.35. The van der Waals surface area contributed by atoms with Crippen LogP contribution >= 0.6 is 0 Å². The van der Waals surface area contributed by atoms with Crippen LogP contribution in [0.15, 0.2) is 0 Å². The van der Waals surface area contributed by atoms with Gasteiger partial charge in [0.2, 0.25) is 0 Å². The Labute approximate surface area is 99.8 Å². The number of ketones is 1. The Bertz CT molecular complexity index is 213. The second-order valence-electron chi connectivity index (χ2n) is 5.62. The fourth-order valence-corrected chi connectivity index (χ4v) is 2.33. The van der Waals surface area contributed by atoms with Crippen LogP contribution in [0.2, 0.25) is 0 Å². The zero-order valence-corrected chi connectivity index (χ0v) is 11.1. The molecular formula is C14H26O2. The molecule has 1 saturated carbocycles. The normalized spacial score (nSPS) is 19.4. The van der Waals surface area contributed by atoms with Crippen LogP contribution in [0.4, 0.5) is 0 Å². The summed E-state index contributed by atoms with van der Waals surface area (Å²) in [6, 6.07) is 0. The highest BCUT2D eigenvalue weighted by Crippen LogP contribution is 2.26. The van der Waals surface area contributed by atoms with Gasteiger partial charge in [0.25, 0.3) is 0 Å². The second-order valence-corrected chi connectivity index (χ2v) is 5.62. The van der Waals surface area contributed by atoms with Gasteiger partial charge in [0.1, 0.15) is 5.78 Å². The lowest BCUT2D eigenvalue weighted by Crippen LogP contribution is -2.25. The maximum absolute atomic E-state index is 12.1. The molecule has 0 aromatic heterocycles. The molecular weight excluding hydrogens is 200 g/mol. The quantitative estimate of drug-likeness (QED) is 0.668. The molecule has 1 rings (SSSR count). The second kappa shape index (κ2) is 6.39. The van der Waals surface area contributed by atoms with E-state index in [0.717, 1.165) is 19.3 Å². The van der Waals surface area contributed by atoms with Gasteiger partial charge in [0.05, 0.1) is 5.60 Å². The Kier molecular flexibility index (Phi) is 5.47. The van der Waals surface area contributed by atoms with E-state index in [1.807, 2.05) is 13.8 Å². The summed E-state index contributed by atoms with van der Waals surface area (Å²) in [6.45, 7) is 4.10. The van der Waals surface area contributed by atoms with E-state index < -0.39 is 0 Å². The predicted molar refractivity (Wildman–Crippen MR) is 66.5 cm³/mol. The van der Waals surface area contributed by atoms with E-state index in [2.05, 4.69) is 0 Å². The van der Waals surface area contributed by atoms with E-state index in [0.29, 0.717) is 18.1 Å². The summed E-state index contributed by atoms with van der Waals surface area (Å²) >= 11 is 0. The summed E-state index contributed by atoms with van der Waals surface area (Å²) in [4.78, 5) is 12.1. The molecule has 0 radical (unpaired) electrons. The fourth-order valence-electron chi connectivity index (χ4n) is 2.33. The molecule has 0 amide bonds. The van der Waals surface area contributed by atoms with E-state index in [4.69, 9.17) is 4.74 Å². The highest BCUT2D eigenvalue weighted by Gasteiger charge is 2.23. The monoisotopic (exact) mass is 226 g/mol. The third-order valence-corrected chi connectivity index (χ3v) is 3.84. The molecule has 2 nitrogen and oxygen atoms in total. The van der Waals surface area contributed by atoms with E-state index in [1.54, 1.807) is 7.11 Å². The average Bonchev–Trinajstić information content (AvgIpc) is 2.54. The van der Waals surface area contributed by atoms with Crippen molar-refractivity contribution in [2.75, 3.05) is 7.11 Å². The zero-order valence-electron chi connectivity index (χ0n) is 11.1. The number of carbonyl (C=O) groups excluding carboxylic acids is 1. The number of Topliss-reactive ketones (excluding diaryl/α,β-unsaturated/α-hetero) is 1. The number of hydrogen-bond donors (Lipinski definition) is 0. The van der Waals surface area contributed by atoms with Crippen LogP contribution in [-0.4, -0.2) is 18.5 Å². The van der Waals surface area contributed by atoms with Gasteiger partial charge in [-0.15, -0.1) is 0 Å². The Balaban J connectivity index is 2.33. The fraction of sp³-hybridized carbons (Fsp3) is 0.929. The summed E-state index contributed by atoms with van der Waals surface area (Å²) in [5.41, 5.74) is -0.152. The number of carbonyl (C=O) groups is 1. The van der Waals surface area contributed by atoms with Crippen molar-refractivity contribution in [2.45, 2.75) is 70.8 Å². The highest BCUT2D eigenvalue weighted by molar-refractivity contribution is 5.81. The van der Waals surface area contributed by atoms with Crippen molar-refractivity contribution in [3.8, 4) is 0 Å². The topological polar surface area (TPSA) is 26.3 Å². The summed E-state index contributed by atoms with van der Waals surface area (Å²) in [7, 11) is 1.72. The molecule has 94 valence electrons. The van der Waals surface area contributed by atoms with Crippen molar-refractivity contribution in [3.63, 3.8) is 0 Å². The molecule has 1 fully saturated rings. The minimum absolute atomic E-state index is 0.152.